The Balaban J connectivity index is 1.42. The lowest BCUT2D eigenvalue weighted by molar-refractivity contribution is 0.290. The van der Waals surface area contributed by atoms with Gasteiger partial charge >= 0.3 is 0 Å². The van der Waals surface area contributed by atoms with Crippen molar-refractivity contribution in [1.82, 2.24) is 20.1 Å². The average Bonchev–Trinajstić information content (AvgIpc) is 3.17. The van der Waals surface area contributed by atoms with Crippen molar-refractivity contribution in [3.8, 4) is 5.75 Å². The zero-order valence-electron chi connectivity index (χ0n) is 10.8. The predicted molar refractivity (Wildman–Crippen MR) is 71.8 cm³/mol. The minimum atomic E-state index is 0.600. The first-order chi connectivity index (χ1) is 9.40. The molecule has 1 aliphatic carbocycles. The molecule has 0 amide bonds. The molecule has 0 saturated heterocycles. The molecule has 2 aromatic rings. The van der Waals surface area contributed by atoms with Crippen molar-refractivity contribution in [3.63, 3.8) is 0 Å². The van der Waals surface area contributed by atoms with E-state index in [4.69, 9.17) is 4.74 Å². The molecular weight excluding hydrogens is 240 g/mol. The molecule has 1 fully saturated rings. The first-order valence-electron chi connectivity index (χ1n) is 6.70. The van der Waals surface area contributed by atoms with Crippen LogP contribution in [0.3, 0.4) is 0 Å². The van der Waals surface area contributed by atoms with E-state index >= 15 is 0 Å². The number of ether oxygens (including phenoxy) is 1. The molecule has 100 valence electrons. The van der Waals surface area contributed by atoms with Gasteiger partial charge in [-0.2, -0.15) is 5.10 Å². The zero-order valence-corrected chi connectivity index (χ0v) is 10.8. The third-order valence-electron chi connectivity index (χ3n) is 3.04. The fourth-order valence-electron chi connectivity index (χ4n) is 1.82. The van der Waals surface area contributed by atoms with Crippen LogP contribution in [0.2, 0.25) is 0 Å². The van der Waals surface area contributed by atoms with Gasteiger partial charge in [0, 0.05) is 6.04 Å². The molecule has 0 atom stereocenters. The number of para-hydroxylation sites is 1. The van der Waals surface area contributed by atoms with Gasteiger partial charge in [0.05, 0.1) is 13.1 Å². The largest absolute Gasteiger partial charge is 0.492 e. The first-order valence-corrected chi connectivity index (χ1v) is 6.70. The molecule has 0 radical (unpaired) electrons. The third-order valence-corrected chi connectivity index (χ3v) is 3.04. The van der Waals surface area contributed by atoms with Crippen LogP contribution in [0.5, 0.6) is 5.75 Å². The molecule has 0 spiro atoms. The van der Waals surface area contributed by atoms with E-state index in [1.165, 1.54) is 12.8 Å². The molecule has 1 aliphatic rings. The SMILES string of the molecule is c1ccc(OCCn2cnc(CNC3CC3)n2)cc1. The van der Waals surface area contributed by atoms with Crippen LogP contribution in [0.4, 0.5) is 0 Å². The zero-order chi connectivity index (χ0) is 12.9. The second-order valence-corrected chi connectivity index (χ2v) is 4.74. The Hall–Kier alpha value is -1.88. The smallest absolute Gasteiger partial charge is 0.164 e. The van der Waals surface area contributed by atoms with Gasteiger partial charge in [0.1, 0.15) is 18.7 Å². The molecule has 1 aromatic carbocycles. The normalized spacial score (nSPS) is 14.5. The summed E-state index contributed by atoms with van der Waals surface area (Å²) in [5.74, 6) is 1.74. The van der Waals surface area contributed by atoms with E-state index in [1.807, 2.05) is 35.0 Å². The number of rotatable bonds is 7. The van der Waals surface area contributed by atoms with Gasteiger partial charge in [-0.15, -0.1) is 0 Å². The highest BCUT2D eigenvalue weighted by Gasteiger charge is 2.20. The average molecular weight is 258 g/mol. The van der Waals surface area contributed by atoms with E-state index in [0.717, 1.165) is 18.1 Å². The minimum absolute atomic E-state index is 0.600. The summed E-state index contributed by atoms with van der Waals surface area (Å²) in [6.45, 7) is 2.07. The monoisotopic (exact) mass is 258 g/mol. The summed E-state index contributed by atoms with van der Waals surface area (Å²) < 4.78 is 7.45. The summed E-state index contributed by atoms with van der Waals surface area (Å²) in [7, 11) is 0. The van der Waals surface area contributed by atoms with E-state index in [2.05, 4.69) is 15.4 Å². The van der Waals surface area contributed by atoms with Crippen molar-refractivity contribution in [2.24, 2.45) is 0 Å². The summed E-state index contributed by atoms with van der Waals surface area (Å²) in [6, 6.07) is 10.5. The highest BCUT2D eigenvalue weighted by atomic mass is 16.5. The van der Waals surface area contributed by atoms with Crippen LogP contribution < -0.4 is 10.1 Å². The van der Waals surface area contributed by atoms with E-state index in [1.54, 1.807) is 6.33 Å². The molecule has 1 N–H and O–H groups in total. The van der Waals surface area contributed by atoms with Crippen molar-refractivity contribution >= 4 is 0 Å². The lowest BCUT2D eigenvalue weighted by Gasteiger charge is -2.05. The lowest BCUT2D eigenvalue weighted by Crippen LogP contribution is -2.17. The molecule has 5 nitrogen and oxygen atoms in total. The van der Waals surface area contributed by atoms with E-state index < -0.39 is 0 Å². The van der Waals surface area contributed by atoms with Gasteiger partial charge in [-0.3, -0.25) is 0 Å². The quantitative estimate of drug-likeness (QED) is 0.819. The molecule has 0 unspecified atom stereocenters. The van der Waals surface area contributed by atoms with Crippen molar-refractivity contribution in [2.45, 2.75) is 32.0 Å². The highest BCUT2D eigenvalue weighted by molar-refractivity contribution is 5.20. The molecular formula is C14H18N4O. The van der Waals surface area contributed by atoms with E-state index in [9.17, 15) is 0 Å². The van der Waals surface area contributed by atoms with Crippen molar-refractivity contribution in [1.29, 1.82) is 0 Å². The van der Waals surface area contributed by atoms with Gasteiger partial charge in [0.25, 0.3) is 0 Å². The molecule has 19 heavy (non-hydrogen) atoms. The number of hydrogen-bond donors (Lipinski definition) is 1. The molecule has 1 heterocycles. The van der Waals surface area contributed by atoms with Crippen LogP contribution in [0.15, 0.2) is 36.7 Å². The fourth-order valence-corrected chi connectivity index (χ4v) is 1.82. The van der Waals surface area contributed by atoms with Gasteiger partial charge in [-0.05, 0) is 25.0 Å². The van der Waals surface area contributed by atoms with Crippen molar-refractivity contribution < 1.29 is 4.74 Å². The number of hydrogen-bond acceptors (Lipinski definition) is 4. The van der Waals surface area contributed by atoms with E-state index in [-0.39, 0.29) is 0 Å². The molecule has 1 saturated carbocycles. The summed E-state index contributed by atoms with van der Waals surface area (Å²) >= 11 is 0. The third kappa shape index (κ3) is 3.79. The van der Waals surface area contributed by atoms with Gasteiger partial charge < -0.3 is 10.1 Å². The second-order valence-electron chi connectivity index (χ2n) is 4.74. The van der Waals surface area contributed by atoms with Crippen LogP contribution in [-0.2, 0) is 13.1 Å². The number of benzene rings is 1. The Kier molecular flexibility index (Phi) is 3.74. The van der Waals surface area contributed by atoms with Gasteiger partial charge in [-0.25, -0.2) is 9.67 Å². The molecule has 0 bridgehead atoms. The standard InChI is InChI=1S/C14H18N4O/c1-2-4-13(5-3-1)19-9-8-18-11-16-14(17-18)10-15-12-6-7-12/h1-5,11-12,15H,6-10H2. The Morgan fingerprint density at radius 3 is 2.89 bits per heavy atom. The summed E-state index contributed by atoms with van der Waals surface area (Å²) in [5.41, 5.74) is 0. The molecule has 3 rings (SSSR count). The Bertz CT molecular complexity index is 507. The van der Waals surface area contributed by atoms with Gasteiger partial charge in [-0.1, -0.05) is 18.2 Å². The predicted octanol–water partition coefficient (Wildman–Crippen LogP) is 1.61. The topological polar surface area (TPSA) is 52.0 Å². The highest BCUT2D eigenvalue weighted by Crippen LogP contribution is 2.18. The maximum Gasteiger partial charge on any atom is 0.164 e. The van der Waals surface area contributed by atoms with Crippen LogP contribution >= 0.6 is 0 Å². The Morgan fingerprint density at radius 1 is 1.26 bits per heavy atom. The fraction of sp³-hybridized carbons (Fsp3) is 0.429. The first kappa shape index (κ1) is 12.2. The number of nitrogens with one attached hydrogen (secondary N) is 1. The Morgan fingerprint density at radius 2 is 2.11 bits per heavy atom. The maximum atomic E-state index is 5.62. The summed E-state index contributed by atoms with van der Waals surface area (Å²) in [4.78, 5) is 4.28. The van der Waals surface area contributed by atoms with Gasteiger partial charge in [0.2, 0.25) is 0 Å². The summed E-state index contributed by atoms with van der Waals surface area (Å²) in [6.07, 6.45) is 4.33. The minimum Gasteiger partial charge on any atom is -0.492 e. The molecule has 0 aliphatic heterocycles. The van der Waals surface area contributed by atoms with Crippen molar-refractivity contribution in [2.75, 3.05) is 6.61 Å². The van der Waals surface area contributed by atoms with Crippen LogP contribution in [0, 0.1) is 0 Å². The summed E-state index contributed by atoms with van der Waals surface area (Å²) in [5, 5.41) is 7.80. The molecule has 5 heteroatoms. The van der Waals surface area contributed by atoms with Crippen LogP contribution in [-0.4, -0.2) is 27.4 Å². The Labute approximate surface area is 112 Å². The maximum absolute atomic E-state index is 5.62. The number of aromatic nitrogens is 3. The second kappa shape index (κ2) is 5.84. The van der Waals surface area contributed by atoms with Crippen molar-refractivity contribution in [3.05, 3.63) is 42.5 Å². The van der Waals surface area contributed by atoms with E-state index in [0.29, 0.717) is 19.2 Å². The lowest BCUT2D eigenvalue weighted by atomic mass is 10.3. The van der Waals surface area contributed by atoms with Gasteiger partial charge in [0.15, 0.2) is 5.82 Å². The van der Waals surface area contributed by atoms with Crippen LogP contribution in [0.25, 0.3) is 0 Å². The molecule has 1 aromatic heterocycles. The van der Waals surface area contributed by atoms with Crippen LogP contribution in [0.1, 0.15) is 18.7 Å². The number of nitrogens with zero attached hydrogens (tertiary/aromatic N) is 3.